The molecule has 2 nitrogen and oxygen atoms in total. The summed E-state index contributed by atoms with van der Waals surface area (Å²) in [6, 6.07) is 5.97. The van der Waals surface area contributed by atoms with E-state index in [0.717, 1.165) is 28.3 Å². The van der Waals surface area contributed by atoms with Gasteiger partial charge in [-0.2, -0.15) is 0 Å². The molecule has 0 amide bonds. The summed E-state index contributed by atoms with van der Waals surface area (Å²) in [5.74, 6) is 1.08. The van der Waals surface area contributed by atoms with Crippen molar-refractivity contribution in [3.63, 3.8) is 0 Å². The van der Waals surface area contributed by atoms with E-state index >= 15 is 0 Å². The maximum atomic E-state index is 5.95. The summed E-state index contributed by atoms with van der Waals surface area (Å²) in [6.07, 6.45) is 4.67. The van der Waals surface area contributed by atoms with Crippen LogP contribution in [0.1, 0.15) is 18.3 Å². The summed E-state index contributed by atoms with van der Waals surface area (Å²) >= 11 is 9.38. The molecule has 0 N–H and O–H groups in total. The van der Waals surface area contributed by atoms with Crippen molar-refractivity contribution in [2.24, 2.45) is 0 Å². The van der Waals surface area contributed by atoms with Gasteiger partial charge in [-0.15, -0.1) is 0 Å². The molecule has 1 aromatic carbocycles. The summed E-state index contributed by atoms with van der Waals surface area (Å²) < 4.78 is 3.07. The van der Waals surface area contributed by atoms with E-state index < -0.39 is 0 Å². The highest BCUT2D eigenvalue weighted by atomic mass is 79.9. The zero-order chi connectivity index (χ0) is 11.5. The van der Waals surface area contributed by atoms with Crippen molar-refractivity contribution in [1.29, 1.82) is 0 Å². The number of aryl methyl sites for hydroxylation is 1. The molecular formula is C12H12BrClN2. The Balaban J connectivity index is 2.24. The first kappa shape index (κ1) is 11.7. The second-order valence-corrected chi connectivity index (χ2v) is 4.82. The lowest BCUT2D eigenvalue weighted by Gasteiger charge is -2.05. The van der Waals surface area contributed by atoms with Gasteiger partial charge >= 0.3 is 0 Å². The van der Waals surface area contributed by atoms with Gasteiger partial charge in [-0.3, -0.25) is 0 Å². The van der Waals surface area contributed by atoms with Crippen LogP contribution >= 0.6 is 27.5 Å². The minimum absolute atomic E-state index is 0.739. The van der Waals surface area contributed by atoms with E-state index in [9.17, 15) is 0 Å². The van der Waals surface area contributed by atoms with Gasteiger partial charge in [0.15, 0.2) is 0 Å². The first-order valence-corrected chi connectivity index (χ1v) is 6.31. The smallest absolute Gasteiger partial charge is 0.113 e. The predicted molar refractivity (Wildman–Crippen MR) is 69.9 cm³/mol. The Morgan fingerprint density at radius 1 is 1.44 bits per heavy atom. The lowest BCUT2D eigenvalue weighted by molar-refractivity contribution is 0.712. The van der Waals surface area contributed by atoms with E-state index in [1.807, 2.05) is 30.6 Å². The highest BCUT2D eigenvalue weighted by Gasteiger charge is 2.04. The molecule has 0 aliphatic heterocycles. The van der Waals surface area contributed by atoms with Gasteiger partial charge in [-0.25, -0.2) is 4.98 Å². The Kier molecular flexibility index (Phi) is 3.66. The van der Waals surface area contributed by atoms with Crippen LogP contribution in [-0.2, 0) is 13.0 Å². The van der Waals surface area contributed by atoms with Crippen LogP contribution in [-0.4, -0.2) is 9.55 Å². The fraction of sp³-hybridized carbons (Fsp3) is 0.250. The Hall–Kier alpha value is -0.800. The van der Waals surface area contributed by atoms with Crippen molar-refractivity contribution in [3.05, 3.63) is 51.5 Å². The Morgan fingerprint density at radius 2 is 2.25 bits per heavy atom. The third-order valence-corrected chi connectivity index (χ3v) is 3.70. The molecule has 0 fully saturated rings. The third-order valence-electron chi connectivity index (χ3n) is 2.49. The van der Waals surface area contributed by atoms with Crippen molar-refractivity contribution in [2.45, 2.75) is 19.9 Å². The molecule has 0 aliphatic rings. The quantitative estimate of drug-likeness (QED) is 0.840. The molecule has 0 unspecified atom stereocenters. The molecule has 0 aliphatic carbocycles. The lowest BCUT2D eigenvalue weighted by Crippen LogP contribution is -2.01. The van der Waals surface area contributed by atoms with Gasteiger partial charge in [0.1, 0.15) is 5.82 Å². The second-order valence-electron chi connectivity index (χ2n) is 3.55. The van der Waals surface area contributed by atoms with E-state index in [-0.39, 0.29) is 0 Å². The topological polar surface area (TPSA) is 17.8 Å². The van der Waals surface area contributed by atoms with Crippen LogP contribution in [0.2, 0.25) is 5.02 Å². The van der Waals surface area contributed by atoms with Crippen LogP contribution in [0.15, 0.2) is 35.1 Å². The number of nitrogens with zero attached hydrogens (tertiary/aromatic N) is 2. The largest absolute Gasteiger partial charge is 0.335 e. The van der Waals surface area contributed by atoms with Crippen molar-refractivity contribution in [3.8, 4) is 0 Å². The highest BCUT2D eigenvalue weighted by molar-refractivity contribution is 9.10. The van der Waals surface area contributed by atoms with Gasteiger partial charge in [0.05, 0.1) is 5.02 Å². The third kappa shape index (κ3) is 2.47. The normalized spacial score (nSPS) is 10.7. The van der Waals surface area contributed by atoms with Gasteiger partial charge in [-0.1, -0.05) is 17.7 Å². The van der Waals surface area contributed by atoms with Crippen molar-refractivity contribution in [2.75, 3.05) is 0 Å². The molecular weight excluding hydrogens is 288 g/mol. The fourth-order valence-corrected chi connectivity index (χ4v) is 2.17. The average molecular weight is 300 g/mol. The number of aromatic nitrogens is 2. The van der Waals surface area contributed by atoms with E-state index in [1.54, 1.807) is 0 Å². The van der Waals surface area contributed by atoms with E-state index in [0.29, 0.717) is 0 Å². The average Bonchev–Trinajstić information content (AvgIpc) is 2.71. The van der Waals surface area contributed by atoms with Crippen molar-refractivity contribution in [1.82, 2.24) is 9.55 Å². The molecule has 4 heteroatoms. The summed E-state index contributed by atoms with van der Waals surface area (Å²) in [6.45, 7) is 3.06. The highest BCUT2D eigenvalue weighted by Crippen LogP contribution is 2.24. The van der Waals surface area contributed by atoms with Crippen LogP contribution in [0.4, 0.5) is 0 Å². The maximum Gasteiger partial charge on any atom is 0.113 e. The van der Waals surface area contributed by atoms with Gasteiger partial charge in [-0.05, 0) is 40.5 Å². The Labute approximate surface area is 108 Å². The molecule has 0 atom stereocenters. The minimum atomic E-state index is 0.739. The second kappa shape index (κ2) is 5.02. The van der Waals surface area contributed by atoms with E-state index in [1.165, 1.54) is 5.56 Å². The van der Waals surface area contributed by atoms with Crippen molar-refractivity contribution < 1.29 is 0 Å². The lowest BCUT2D eigenvalue weighted by atomic mass is 10.1. The molecule has 0 saturated carbocycles. The predicted octanol–water partition coefficient (Wildman–Crippen LogP) is 3.91. The van der Waals surface area contributed by atoms with Crippen LogP contribution in [0.3, 0.4) is 0 Å². The molecule has 84 valence electrons. The first-order valence-electron chi connectivity index (χ1n) is 5.14. The fourth-order valence-electron chi connectivity index (χ4n) is 1.63. The monoisotopic (exact) mass is 298 g/mol. The summed E-state index contributed by atoms with van der Waals surface area (Å²) in [4.78, 5) is 4.35. The number of hydrogen-bond acceptors (Lipinski definition) is 1. The molecule has 0 saturated heterocycles. The molecule has 2 rings (SSSR count). The van der Waals surface area contributed by atoms with Gasteiger partial charge in [0.25, 0.3) is 0 Å². The molecule has 1 aromatic heterocycles. The Bertz CT molecular complexity index is 494. The zero-order valence-corrected chi connectivity index (χ0v) is 11.3. The van der Waals surface area contributed by atoms with E-state index in [4.69, 9.17) is 11.6 Å². The van der Waals surface area contributed by atoms with Crippen LogP contribution < -0.4 is 0 Å². The number of hydrogen-bond donors (Lipinski definition) is 0. The maximum absolute atomic E-state index is 5.95. The SMILES string of the molecule is CCn1ccnc1Cc1ccc(Cl)c(Br)c1. The van der Waals surface area contributed by atoms with Gasteiger partial charge in [0, 0.05) is 29.8 Å². The number of imidazole rings is 1. The molecule has 1 heterocycles. The molecule has 0 bridgehead atoms. The standard InChI is InChI=1S/C12H12BrClN2/c1-2-16-6-5-15-12(16)8-9-3-4-11(14)10(13)7-9/h3-7H,2,8H2,1H3. The van der Waals surface area contributed by atoms with Crippen molar-refractivity contribution >= 4 is 27.5 Å². The molecule has 0 spiro atoms. The van der Waals surface area contributed by atoms with Crippen LogP contribution in [0.25, 0.3) is 0 Å². The first-order chi connectivity index (χ1) is 7.70. The zero-order valence-electron chi connectivity index (χ0n) is 8.95. The molecule has 16 heavy (non-hydrogen) atoms. The summed E-state index contributed by atoms with van der Waals surface area (Å²) in [5, 5.41) is 0.739. The van der Waals surface area contributed by atoms with Gasteiger partial charge in [0.2, 0.25) is 0 Å². The molecule has 0 radical (unpaired) electrons. The summed E-state index contributed by atoms with van der Waals surface area (Å²) in [7, 11) is 0. The Morgan fingerprint density at radius 3 is 2.94 bits per heavy atom. The van der Waals surface area contributed by atoms with E-state index in [2.05, 4.69) is 32.4 Å². The van der Waals surface area contributed by atoms with Gasteiger partial charge < -0.3 is 4.57 Å². The minimum Gasteiger partial charge on any atom is -0.335 e. The number of rotatable bonds is 3. The number of benzene rings is 1. The van der Waals surface area contributed by atoms with Crippen LogP contribution in [0, 0.1) is 0 Å². The van der Waals surface area contributed by atoms with Crippen LogP contribution in [0.5, 0.6) is 0 Å². The molecule has 2 aromatic rings. The number of halogens is 2. The summed E-state index contributed by atoms with van der Waals surface area (Å²) in [5.41, 5.74) is 1.21.